The van der Waals surface area contributed by atoms with E-state index in [1.165, 1.54) is 0 Å². The van der Waals surface area contributed by atoms with Crippen molar-refractivity contribution in [3.05, 3.63) is 52.2 Å². The van der Waals surface area contributed by atoms with Gasteiger partial charge in [-0.2, -0.15) is 0 Å². The maximum Gasteiger partial charge on any atom is 0.208 e. The Labute approximate surface area is 182 Å². The number of anilines is 1. The number of nitrogens with one attached hydrogen (secondary N) is 2. The van der Waals surface area contributed by atoms with Crippen molar-refractivity contribution in [2.75, 3.05) is 44.3 Å². The van der Waals surface area contributed by atoms with Crippen LogP contribution in [0, 0.1) is 0 Å². The summed E-state index contributed by atoms with van der Waals surface area (Å²) in [6, 6.07) is 11.6. The fraction of sp³-hybridized carbons (Fsp3) is 0.409. The highest BCUT2D eigenvalue weighted by Gasteiger charge is 2.14. The molecular formula is C22H29N3O3S2. The summed E-state index contributed by atoms with van der Waals surface area (Å²) in [5, 5.41) is 4.86. The van der Waals surface area contributed by atoms with Crippen LogP contribution in [0.1, 0.15) is 19.4 Å². The van der Waals surface area contributed by atoms with Crippen LogP contribution in [0.4, 0.5) is 5.69 Å². The van der Waals surface area contributed by atoms with Crippen molar-refractivity contribution in [2.45, 2.75) is 20.3 Å². The summed E-state index contributed by atoms with van der Waals surface area (Å²) in [7, 11) is -3.25. The third-order valence-electron chi connectivity index (χ3n) is 5.21. The molecule has 0 fully saturated rings. The minimum absolute atomic E-state index is 0.0163. The lowest BCUT2D eigenvalue weighted by Gasteiger charge is -2.19. The van der Waals surface area contributed by atoms with Crippen LogP contribution in [-0.2, 0) is 16.4 Å². The van der Waals surface area contributed by atoms with Gasteiger partial charge in [-0.3, -0.25) is 4.79 Å². The van der Waals surface area contributed by atoms with Gasteiger partial charge in [0.15, 0.2) is 5.43 Å². The van der Waals surface area contributed by atoms with E-state index < -0.39 is 10.0 Å². The van der Waals surface area contributed by atoms with E-state index in [1.54, 1.807) is 11.3 Å². The second kappa shape index (κ2) is 9.87. The fourth-order valence-electron chi connectivity index (χ4n) is 3.56. The van der Waals surface area contributed by atoms with Crippen LogP contribution in [0.5, 0.6) is 0 Å². The highest BCUT2D eigenvalue weighted by molar-refractivity contribution is 7.88. The van der Waals surface area contributed by atoms with Crippen LogP contribution in [-0.4, -0.2) is 52.3 Å². The molecule has 2 N–H and O–H groups in total. The Morgan fingerprint density at radius 1 is 1.03 bits per heavy atom. The summed E-state index contributed by atoms with van der Waals surface area (Å²) < 4.78 is 27.2. The highest BCUT2D eigenvalue weighted by Crippen LogP contribution is 2.32. The molecule has 0 amide bonds. The van der Waals surface area contributed by atoms with E-state index in [9.17, 15) is 13.2 Å². The minimum Gasteiger partial charge on any atom is -0.383 e. The van der Waals surface area contributed by atoms with Crippen molar-refractivity contribution in [2.24, 2.45) is 0 Å². The molecule has 0 aliphatic carbocycles. The molecular weight excluding hydrogens is 418 g/mol. The number of hydrogen-bond donors (Lipinski definition) is 2. The Balaban J connectivity index is 2.01. The third kappa shape index (κ3) is 5.37. The topological polar surface area (TPSA) is 78.5 Å². The second-order valence-corrected chi connectivity index (χ2v) is 10.2. The van der Waals surface area contributed by atoms with Gasteiger partial charge in [0.2, 0.25) is 10.0 Å². The lowest BCUT2D eigenvalue weighted by molar-refractivity contribution is 0.316. The zero-order valence-electron chi connectivity index (χ0n) is 17.7. The first kappa shape index (κ1) is 22.7. The third-order valence-corrected chi connectivity index (χ3v) is 7.18. The molecule has 8 heteroatoms. The van der Waals surface area contributed by atoms with Crippen LogP contribution in [0.15, 0.2) is 41.2 Å². The maximum absolute atomic E-state index is 13.3. The van der Waals surface area contributed by atoms with Gasteiger partial charge in [0.25, 0.3) is 0 Å². The average molecular weight is 448 g/mol. The molecule has 162 valence electrons. The number of benzene rings is 2. The van der Waals surface area contributed by atoms with E-state index in [1.807, 2.05) is 36.4 Å². The van der Waals surface area contributed by atoms with Crippen LogP contribution in [0.25, 0.3) is 20.2 Å². The number of sulfonamides is 1. The summed E-state index contributed by atoms with van der Waals surface area (Å²) in [6.07, 6.45) is 1.68. The van der Waals surface area contributed by atoms with E-state index in [2.05, 4.69) is 28.8 Å². The van der Waals surface area contributed by atoms with Gasteiger partial charge in [-0.15, -0.1) is 11.3 Å². The molecule has 3 aromatic rings. The normalized spacial score (nSPS) is 12.1. The molecule has 1 aromatic heterocycles. The second-order valence-electron chi connectivity index (χ2n) is 7.27. The molecule has 30 heavy (non-hydrogen) atoms. The molecule has 0 aliphatic rings. The summed E-state index contributed by atoms with van der Waals surface area (Å²) in [5.41, 5.74) is 1.83. The van der Waals surface area contributed by atoms with Crippen LogP contribution in [0.2, 0.25) is 0 Å². The van der Waals surface area contributed by atoms with Crippen molar-refractivity contribution < 1.29 is 8.42 Å². The SMILES string of the molecule is CCN(CC)CCNc1ccc(CCNS(C)(=O)=O)c2sc3ccccc3c(=O)c12. The van der Waals surface area contributed by atoms with Gasteiger partial charge in [0.05, 0.1) is 11.6 Å². The fourth-order valence-corrected chi connectivity index (χ4v) is 5.28. The predicted octanol–water partition coefficient (Wildman–Crippen LogP) is 3.26. The zero-order chi connectivity index (χ0) is 21.7. The molecule has 6 nitrogen and oxygen atoms in total. The van der Waals surface area contributed by atoms with Crippen molar-refractivity contribution in [3.63, 3.8) is 0 Å². The Bertz CT molecular complexity index is 1190. The lowest BCUT2D eigenvalue weighted by Crippen LogP contribution is -2.28. The number of rotatable bonds is 10. The maximum atomic E-state index is 13.3. The molecule has 2 aromatic carbocycles. The van der Waals surface area contributed by atoms with E-state index in [4.69, 9.17) is 0 Å². The van der Waals surface area contributed by atoms with Gasteiger partial charge in [-0.05, 0) is 43.3 Å². The molecule has 0 radical (unpaired) electrons. The zero-order valence-corrected chi connectivity index (χ0v) is 19.3. The van der Waals surface area contributed by atoms with Gasteiger partial charge >= 0.3 is 0 Å². The van der Waals surface area contributed by atoms with Crippen molar-refractivity contribution in [1.29, 1.82) is 0 Å². The first-order chi connectivity index (χ1) is 14.3. The number of fused-ring (bicyclic) bond motifs is 2. The standard InChI is InChI=1S/C22H29N3O3S2/c1-4-25(5-2)15-14-23-18-11-10-16(12-13-24-30(3,27)28)22-20(18)21(26)17-8-6-7-9-19(17)29-22/h6-11,23-24H,4-5,12-15H2,1-3H3. The van der Waals surface area contributed by atoms with E-state index >= 15 is 0 Å². The lowest BCUT2D eigenvalue weighted by atomic mass is 10.1. The van der Waals surface area contributed by atoms with Gasteiger partial charge < -0.3 is 10.2 Å². The van der Waals surface area contributed by atoms with Crippen LogP contribution >= 0.6 is 11.3 Å². The molecule has 0 saturated carbocycles. The van der Waals surface area contributed by atoms with E-state index in [0.29, 0.717) is 23.7 Å². The Kier molecular flexibility index (Phi) is 7.46. The number of nitrogens with zero attached hydrogens (tertiary/aromatic N) is 1. The molecule has 0 spiro atoms. The average Bonchev–Trinajstić information content (AvgIpc) is 2.71. The molecule has 1 heterocycles. The largest absolute Gasteiger partial charge is 0.383 e. The van der Waals surface area contributed by atoms with Gasteiger partial charge in [-0.25, -0.2) is 13.1 Å². The summed E-state index contributed by atoms with van der Waals surface area (Å²) in [4.78, 5) is 15.7. The van der Waals surface area contributed by atoms with Gasteiger partial charge in [0, 0.05) is 40.1 Å². The number of likely N-dealkylation sites (N-methyl/N-ethyl adjacent to an activating group) is 1. The summed E-state index contributed by atoms with van der Waals surface area (Å²) >= 11 is 1.59. The molecule has 0 saturated heterocycles. The smallest absolute Gasteiger partial charge is 0.208 e. The Hall–Kier alpha value is -2.00. The van der Waals surface area contributed by atoms with E-state index in [-0.39, 0.29) is 5.43 Å². The quantitative estimate of drug-likeness (QED) is 0.467. The van der Waals surface area contributed by atoms with Crippen LogP contribution in [0.3, 0.4) is 0 Å². The van der Waals surface area contributed by atoms with Crippen LogP contribution < -0.4 is 15.5 Å². The number of hydrogen-bond acceptors (Lipinski definition) is 6. The summed E-state index contributed by atoms with van der Waals surface area (Å²) in [6.45, 7) is 8.22. The first-order valence-electron chi connectivity index (χ1n) is 10.2. The van der Waals surface area contributed by atoms with Crippen molar-refractivity contribution in [1.82, 2.24) is 9.62 Å². The van der Waals surface area contributed by atoms with E-state index in [0.717, 1.165) is 53.1 Å². The molecule has 0 bridgehead atoms. The molecule has 3 rings (SSSR count). The summed E-state index contributed by atoms with van der Waals surface area (Å²) in [5.74, 6) is 0. The molecule has 0 aliphatic heterocycles. The van der Waals surface area contributed by atoms with Gasteiger partial charge in [-0.1, -0.05) is 32.0 Å². The Morgan fingerprint density at radius 2 is 1.77 bits per heavy atom. The van der Waals surface area contributed by atoms with Gasteiger partial charge in [0.1, 0.15) is 0 Å². The highest BCUT2D eigenvalue weighted by atomic mass is 32.2. The van der Waals surface area contributed by atoms with Crippen molar-refractivity contribution >= 4 is 47.2 Å². The minimum atomic E-state index is -3.25. The van der Waals surface area contributed by atoms with Crippen molar-refractivity contribution in [3.8, 4) is 0 Å². The monoisotopic (exact) mass is 447 g/mol. The molecule has 0 unspecified atom stereocenters. The Morgan fingerprint density at radius 3 is 2.47 bits per heavy atom. The first-order valence-corrected chi connectivity index (χ1v) is 12.9. The predicted molar refractivity (Wildman–Crippen MR) is 128 cm³/mol. The molecule has 0 atom stereocenters.